The number of hydrogen-bond donors (Lipinski definition) is 1. The second-order valence-electron chi connectivity index (χ2n) is 3.62. The molecule has 0 spiro atoms. The Hall–Kier alpha value is -1.60. The molecule has 1 aliphatic rings. The lowest BCUT2D eigenvalue weighted by Crippen LogP contribution is -2.40. The predicted octanol–water partition coefficient (Wildman–Crippen LogP) is 1.82. The van der Waals surface area contributed by atoms with Gasteiger partial charge in [-0.15, -0.1) is 0 Å². The Morgan fingerprint density at radius 1 is 1.53 bits per heavy atom. The summed E-state index contributed by atoms with van der Waals surface area (Å²) in [6, 6.07) is 5.08. The maximum Gasteiger partial charge on any atom is 0.129 e. The molecule has 1 aromatic carbocycles. The molecule has 0 amide bonds. The van der Waals surface area contributed by atoms with Crippen LogP contribution in [-0.2, 0) is 4.74 Å². The predicted molar refractivity (Wildman–Crippen MR) is 54.1 cm³/mol. The van der Waals surface area contributed by atoms with Crippen molar-refractivity contribution in [3.05, 3.63) is 29.1 Å². The zero-order valence-corrected chi connectivity index (χ0v) is 8.38. The van der Waals surface area contributed by atoms with Gasteiger partial charge < -0.3 is 10.1 Å². The molecule has 0 aromatic heterocycles. The molecule has 1 saturated heterocycles. The quantitative estimate of drug-likeness (QED) is 0.802. The Labute approximate surface area is 87.5 Å². The van der Waals surface area contributed by atoms with Gasteiger partial charge in [0.1, 0.15) is 5.82 Å². The van der Waals surface area contributed by atoms with Gasteiger partial charge in [-0.05, 0) is 19.1 Å². The Morgan fingerprint density at radius 3 is 2.80 bits per heavy atom. The van der Waals surface area contributed by atoms with Crippen LogP contribution in [0.1, 0.15) is 11.1 Å². The molecule has 15 heavy (non-hydrogen) atoms. The van der Waals surface area contributed by atoms with E-state index in [0.717, 1.165) is 0 Å². The molecular formula is C11H11FN2O. The van der Waals surface area contributed by atoms with Gasteiger partial charge in [-0.3, -0.25) is 0 Å². The van der Waals surface area contributed by atoms with Crippen molar-refractivity contribution in [1.29, 1.82) is 5.26 Å². The number of halogens is 1. The number of benzene rings is 1. The highest BCUT2D eigenvalue weighted by Crippen LogP contribution is 2.22. The van der Waals surface area contributed by atoms with Crippen molar-refractivity contribution in [2.45, 2.75) is 13.0 Å². The standard InChI is InChI=1S/C11H11FN2O/c1-7-10(12)2-8(4-13)3-11(7)14-9-5-15-6-9/h2-3,9,14H,5-6H2,1H3. The minimum atomic E-state index is -0.350. The molecule has 1 aromatic rings. The summed E-state index contributed by atoms with van der Waals surface area (Å²) in [4.78, 5) is 0. The normalized spacial score (nSPS) is 15.5. The van der Waals surface area contributed by atoms with E-state index >= 15 is 0 Å². The molecule has 78 valence electrons. The van der Waals surface area contributed by atoms with Gasteiger partial charge in [0.15, 0.2) is 0 Å². The topological polar surface area (TPSA) is 45.0 Å². The van der Waals surface area contributed by atoms with E-state index in [9.17, 15) is 4.39 Å². The third-order valence-electron chi connectivity index (χ3n) is 2.47. The monoisotopic (exact) mass is 206 g/mol. The molecule has 0 saturated carbocycles. The summed E-state index contributed by atoms with van der Waals surface area (Å²) in [6.07, 6.45) is 0. The van der Waals surface area contributed by atoms with Crippen molar-refractivity contribution in [2.24, 2.45) is 0 Å². The second-order valence-corrected chi connectivity index (χ2v) is 3.62. The van der Waals surface area contributed by atoms with E-state index in [-0.39, 0.29) is 11.9 Å². The zero-order valence-electron chi connectivity index (χ0n) is 8.38. The van der Waals surface area contributed by atoms with Gasteiger partial charge in [0.2, 0.25) is 0 Å². The van der Waals surface area contributed by atoms with Gasteiger partial charge >= 0.3 is 0 Å². The number of rotatable bonds is 2. The highest BCUT2D eigenvalue weighted by atomic mass is 19.1. The number of hydrogen-bond acceptors (Lipinski definition) is 3. The van der Waals surface area contributed by atoms with Gasteiger partial charge in [0.25, 0.3) is 0 Å². The van der Waals surface area contributed by atoms with Crippen LogP contribution in [0.4, 0.5) is 10.1 Å². The van der Waals surface area contributed by atoms with Crippen molar-refractivity contribution in [2.75, 3.05) is 18.5 Å². The summed E-state index contributed by atoms with van der Waals surface area (Å²) in [5, 5.41) is 11.9. The van der Waals surface area contributed by atoms with Gasteiger partial charge in [-0.1, -0.05) is 0 Å². The first-order valence-corrected chi connectivity index (χ1v) is 4.75. The fraction of sp³-hybridized carbons (Fsp3) is 0.364. The smallest absolute Gasteiger partial charge is 0.129 e. The van der Waals surface area contributed by atoms with Crippen LogP contribution in [0.5, 0.6) is 0 Å². The highest BCUT2D eigenvalue weighted by molar-refractivity contribution is 5.56. The van der Waals surface area contributed by atoms with Crippen LogP contribution < -0.4 is 5.32 Å². The van der Waals surface area contributed by atoms with Crippen LogP contribution in [0.15, 0.2) is 12.1 Å². The summed E-state index contributed by atoms with van der Waals surface area (Å²) in [5.74, 6) is -0.350. The molecule has 0 aliphatic carbocycles. The lowest BCUT2D eigenvalue weighted by molar-refractivity contribution is 0.0211. The van der Waals surface area contributed by atoms with Crippen molar-refractivity contribution < 1.29 is 9.13 Å². The number of nitrogens with one attached hydrogen (secondary N) is 1. The molecule has 0 radical (unpaired) electrons. The average Bonchev–Trinajstić information content (AvgIpc) is 2.17. The maximum absolute atomic E-state index is 13.4. The fourth-order valence-corrected chi connectivity index (χ4v) is 1.43. The third-order valence-corrected chi connectivity index (χ3v) is 2.47. The summed E-state index contributed by atoms with van der Waals surface area (Å²) >= 11 is 0. The van der Waals surface area contributed by atoms with Gasteiger partial charge in [0, 0.05) is 11.3 Å². The van der Waals surface area contributed by atoms with Crippen molar-refractivity contribution in [3.8, 4) is 6.07 Å². The fourth-order valence-electron chi connectivity index (χ4n) is 1.43. The highest BCUT2D eigenvalue weighted by Gasteiger charge is 2.19. The van der Waals surface area contributed by atoms with Crippen LogP contribution in [0.2, 0.25) is 0 Å². The van der Waals surface area contributed by atoms with Gasteiger partial charge in [-0.25, -0.2) is 4.39 Å². The van der Waals surface area contributed by atoms with Crippen LogP contribution in [0.3, 0.4) is 0 Å². The Kier molecular flexibility index (Phi) is 2.57. The third kappa shape index (κ3) is 1.92. The van der Waals surface area contributed by atoms with Gasteiger partial charge in [-0.2, -0.15) is 5.26 Å². The molecular weight excluding hydrogens is 195 g/mol. The lowest BCUT2D eigenvalue weighted by atomic mass is 10.1. The minimum absolute atomic E-state index is 0.233. The summed E-state index contributed by atoms with van der Waals surface area (Å²) in [6.45, 7) is 2.97. The van der Waals surface area contributed by atoms with E-state index in [0.29, 0.717) is 30.0 Å². The zero-order chi connectivity index (χ0) is 10.8. The first-order chi connectivity index (χ1) is 7.20. The largest absolute Gasteiger partial charge is 0.377 e. The van der Waals surface area contributed by atoms with Crippen LogP contribution in [0.25, 0.3) is 0 Å². The van der Waals surface area contributed by atoms with Crippen molar-refractivity contribution >= 4 is 5.69 Å². The average molecular weight is 206 g/mol. The molecule has 2 rings (SSSR count). The minimum Gasteiger partial charge on any atom is -0.377 e. The van der Waals surface area contributed by atoms with E-state index in [1.807, 2.05) is 6.07 Å². The summed E-state index contributed by atoms with van der Waals surface area (Å²) in [7, 11) is 0. The number of nitriles is 1. The summed E-state index contributed by atoms with van der Waals surface area (Å²) in [5.41, 5.74) is 1.56. The van der Waals surface area contributed by atoms with Crippen LogP contribution in [0, 0.1) is 24.1 Å². The molecule has 0 bridgehead atoms. The second kappa shape index (κ2) is 3.87. The van der Waals surface area contributed by atoms with Gasteiger partial charge in [0.05, 0.1) is 30.9 Å². The SMILES string of the molecule is Cc1c(F)cc(C#N)cc1NC1COC1. The summed E-state index contributed by atoms with van der Waals surface area (Å²) < 4.78 is 18.4. The Bertz CT molecular complexity index is 421. The molecule has 1 fully saturated rings. The van der Waals surface area contributed by atoms with Crippen molar-refractivity contribution in [1.82, 2.24) is 0 Å². The van der Waals surface area contributed by atoms with E-state index in [2.05, 4.69) is 5.32 Å². The van der Waals surface area contributed by atoms with E-state index < -0.39 is 0 Å². The number of anilines is 1. The van der Waals surface area contributed by atoms with Crippen molar-refractivity contribution in [3.63, 3.8) is 0 Å². The Morgan fingerprint density at radius 2 is 2.27 bits per heavy atom. The first kappa shape index (κ1) is 9.94. The molecule has 0 atom stereocenters. The van der Waals surface area contributed by atoms with E-state index in [1.54, 1.807) is 13.0 Å². The Balaban J connectivity index is 2.28. The lowest BCUT2D eigenvalue weighted by Gasteiger charge is -2.28. The van der Waals surface area contributed by atoms with E-state index in [4.69, 9.17) is 10.00 Å². The van der Waals surface area contributed by atoms with E-state index in [1.165, 1.54) is 6.07 Å². The molecule has 4 heteroatoms. The number of nitrogens with zero attached hydrogens (tertiary/aromatic N) is 1. The van der Waals surface area contributed by atoms with Crippen LogP contribution >= 0.6 is 0 Å². The van der Waals surface area contributed by atoms with Crippen LogP contribution in [-0.4, -0.2) is 19.3 Å². The molecule has 3 nitrogen and oxygen atoms in total. The maximum atomic E-state index is 13.4. The first-order valence-electron chi connectivity index (χ1n) is 4.75. The number of ether oxygens (including phenoxy) is 1. The molecule has 1 aliphatic heterocycles. The molecule has 1 heterocycles. The molecule has 0 unspecified atom stereocenters. The molecule has 1 N–H and O–H groups in total.